The van der Waals surface area contributed by atoms with E-state index in [1.54, 1.807) is 48.5 Å². The SMILES string of the molecule is O=C(CN1C(=O)C[C@H](c2ccccc2)S(=O)(=O)c2ccccc21)NCc1ccccc1. The molecular weight excluding hydrogens is 412 g/mol. The molecular formula is C24H22N2O4S. The van der Waals surface area contributed by atoms with E-state index in [4.69, 9.17) is 0 Å². The van der Waals surface area contributed by atoms with Gasteiger partial charge in [-0.3, -0.25) is 9.59 Å². The number of nitrogens with zero attached hydrogens (tertiary/aromatic N) is 1. The summed E-state index contributed by atoms with van der Waals surface area (Å²) in [6, 6.07) is 24.5. The van der Waals surface area contributed by atoms with Gasteiger partial charge in [-0.05, 0) is 23.3 Å². The first kappa shape index (κ1) is 20.8. The van der Waals surface area contributed by atoms with Crippen molar-refractivity contribution in [1.82, 2.24) is 5.32 Å². The number of nitrogens with one attached hydrogen (secondary N) is 1. The van der Waals surface area contributed by atoms with E-state index in [-0.39, 0.29) is 29.5 Å². The molecule has 158 valence electrons. The Morgan fingerprint density at radius 3 is 2.23 bits per heavy atom. The first-order chi connectivity index (χ1) is 15.0. The third-order valence-corrected chi connectivity index (χ3v) is 7.45. The number of hydrogen-bond donors (Lipinski definition) is 1. The second-order valence-corrected chi connectivity index (χ2v) is 9.46. The highest BCUT2D eigenvalue weighted by Crippen LogP contribution is 2.40. The molecule has 31 heavy (non-hydrogen) atoms. The third-order valence-electron chi connectivity index (χ3n) is 5.30. The normalized spacial score (nSPS) is 17.5. The highest BCUT2D eigenvalue weighted by atomic mass is 32.2. The summed E-state index contributed by atoms with van der Waals surface area (Å²) in [6.45, 7) is 0.0774. The van der Waals surface area contributed by atoms with Crippen LogP contribution in [0.5, 0.6) is 0 Å². The molecule has 1 aliphatic rings. The molecule has 1 heterocycles. The van der Waals surface area contributed by atoms with Crippen LogP contribution in [0.2, 0.25) is 0 Å². The van der Waals surface area contributed by atoms with Crippen molar-refractivity contribution in [3.63, 3.8) is 0 Å². The highest BCUT2D eigenvalue weighted by molar-refractivity contribution is 7.92. The predicted molar refractivity (Wildman–Crippen MR) is 118 cm³/mol. The van der Waals surface area contributed by atoms with E-state index in [2.05, 4.69) is 5.32 Å². The lowest BCUT2D eigenvalue weighted by Crippen LogP contribution is -2.40. The van der Waals surface area contributed by atoms with Crippen LogP contribution in [0, 0.1) is 0 Å². The molecule has 2 amide bonds. The first-order valence-electron chi connectivity index (χ1n) is 9.95. The van der Waals surface area contributed by atoms with Crippen LogP contribution in [0.25, 0.3) is 0 Å². The molecule has 3 aromatic carbocycles. The summed E-state index contributed by atoms with van der Waals surface area (Å²) in [7, 11) is -3.82. The van der Waals surface area contributed by atoms with Gasteiger partial charge in [0.1, 0.15) is 6.54 Å². The molecule has 6 nitrogen and oxygen atoms in total. The van der Waals surface area contributed by atoms with Gasteiger partial charge in [-0.25, -0.2) is 8.42 Å². The van der Waals surface area contributed by atoms with Crippen molar-refractivity contribution in [3.05, 3.63) is 96.1 Å². The largest absolute Gasteiger partial charge is 0.350 e. The van der Waals surface area contributed by atoms with E-state index < -0.39 is 21.0 Å². The van der Waals surface area contributed by atoms with E-state index in [1.165, 1.54) is 11.0 Å². The minimum Gasteiger partial charge on any atom is -0.350 e. The Bertz CT molecular complexity index is 1190. The second-order valence-electron chi connectivity index (χ2n) is 7.36. The summed E-state index contributed by atoms with van der Waals surface area (Å²) in [4.78, 5) is 27.1. The van der Waals surface area contributed by atoms with Crippen LogP contribution in [0.15, 0.2) is 89.8 Å². The van der Waals surface area contributed by atoms with Gasteiger partial charge in [0.15, 0.2) is 9.84 Å². The molecule has 0 aromatic heterocycles. The summed E-state index contributed by atoms with van der Waals surface area (Å²) in [5.41, 5.74) is 1.73. The number of carbonyl (C=O) groups excluding carboxylic acids is 2. The smallest absolute Gasteiger partial charge is 0.240 e. The number of hydrogen-bond acceptors (Lipinski definition) is 4. The number of benzene rings is 3. The van der Waals surface area contributed by atoms with Gasteiger partial charge in [-0.15, -0.1) is 0 Å². The molecule has 0 saturated carbocycles. The Balaban J connectivity index is 1.63. The zero-order chi connectivity index (χ0) is 21.8. The quantitative estimate of drug-likeness (QED) is 0.668. The van der Waals surface area contributed by atoms with Crippen molar-refractivity contribution in [1.29, 1.82) is 0 Å². The number of sulfone groups is 1. The van der Waals surface area contributed by atoms with Crippen molar-refractivity contribution in [2.45, 2.75) is 23.1 Å². The van der Waals surface area contributed by atoms with Gasteiger partial charge >= 0.3 is 0 Å². The lowest BCUT2D eigenvalue weighted by atomic mass is 10.1. The van der Waals surface area contributed by atoms with Gasteiger partial charge in [-0.1, -0.05) is 72.8 Å². The summed E-state index contributed by atoms with van der Waals surface area (Å²) in [5, 5.41) is 1.80. The lowest BCUT2D eigenvalue weighted by Gasteiger charge is -2.21. The number of rotatable bonds is 5. The molecule has 7 heteroatoms. The van der Waals surface area contributed by atoms with Crippen LogP contribution in [0.3, 0.4) is 0 Å². The highest BCUT2D eigenvalue weighted by Gasteiger charge is 2.39. The van der Waals surface area contributed by atoms with Gasteiger partial charge < -0.3 is 10.2 Å². The molecule has 0 saturated heterocycles. The summed E-state index contributed by atoms with van der Waals surface area (Å²) >= 11 is 0. The number of anilines is 1. The monoisotopic (exact) mass is 434 g/mol. The molecule has 0 unspecified atom stereocenters. The van der Waals surface area contributed by atoms with Crippen molar-refractivity contribution in [3.8, 4) is 0 Å². The van der Waals surface area contributed by atoms with Gasteiger partial charge in [0.05, 0.1) is 15.8 Å². The van der Waals surface area contributed by atoms with Crippen molar-refractivity contribution in [2.75, 3.05) is 11.4 Å². The van der Waals surface area contributed by atoms with Crippen LogP contribution in [-0.4, -0.2) is 26.8 Å². The summed E-state index contributed by atoms with van der Waals surface area (Å²) in [6.07, 6.45) is -0.229. The molecule has 4 rings (SSSR count). The molecule has 0 fully saturated rings. The van der Waals surface area contributed by atoms with Gasteiger partial charge in [0.25, 0.3) is 0 Å². The maximum atomic E-state index is 13.4. The predicted octanol–water partition coefficient (Wildman–Crippen LogP) is 3.25. The topological polar surface area (TPSA) is 83.6 Å². The first-order valence-corrected chi connectivity index (χ1v) is 11.5. The Morgan fingerprint density at radius 1 is 0.903 bits per heavy atom. The van der Waals surface area contributed by atoms with Crippen molar-refractivity contribution >= 4 is 27.3 Å². The van der Waals surface area contributed by atoms with E-state index >= 15 is 0 Å². The molecule has 1 atom stereocenters. The minimum atomic E-state index is -3.82. The zero-order valence-corrected chi connectivity index (χ0v) is 17.6. The summed E-state index contributed by atoms with van der Waals surface area (Å²) in [5.74, 6) is -0.764. The molecule has 0 bridgehead atoms. The molecule has 1 aliphatic heterocycles. The van der Waals surface area contributed by atoms with E-state index in [0.717, 1.165) is 5.56 Å². The summed E-state index contributed by atoms with van der Waals surface area (Å²) < 4.78 is 26.9. The van der Waals surface area contributed by atoms with E-state index in [9.17, 15) is 18.0 Å². The van der Waals surface area contributed by atoms with Gasteiger partial charge in [-0.2, -0.15) is 0 Å². The fourth-order valence-corrected chi connectivity index (χ4v) is 5.64. The minimum absolute atomic E-state index is 0.0607. The van der Waals surface area contributed by atoms with Crippen molar-refractivity contribution in [2.24, 2.45) is 0 Å². The van der Waals surface area contributed by atoms with Crippen LogP contribution < -0.4 is 10.2 Å². The van der Waals surface area contributed by atoms with Gasteiger partial charge in [0.2, 0.25) is 11.8 Å². The van der Waals surface area contributed by atoms with Crippen LogP contribution >= 0.6 is 0 Å². The Labute approximate surface area is 181 Å². The number of fused-ring (bicyclic) bond motifs is 1. The van der Waals surface area contributed by atoms with Crippen LogP contribution in [0.4, 0.5) is 5.69 Å². The molecule has 3 aromatic rings. The standard InChI is InChI=1S/C24H22N2O4S/c27-23(25-16-18-9-3-1-4-10-18)17-26-20-13-7-8-14-21(20)31(29,30)22(15-24(26)28)19-11-5-2-6-12-19/h1-14,22H,15-17H2,(H,25,27)/t22-/m1/s1. The van der Waals surface area contributed by atoms with E-state index in [1.807, 2.05) is 30.3 Å². The Kier molecular flexibility index (Phi) is 5.86. The van der Waals surface area contributed by atoms with Gasteiger partial charge in [0, 0.05) is 13.0 Å². The Morgan fingerprint density at radius 2 is 1.52 bits per heavy atom. The fourth-order valence-electron chi connectivity index (χ4n) is 3.72. The lowest BCUT2D eigenvalue weighted by molar-refractivity contribution is -0.124. The van der Waals surface area contributed by atoms with E-state index in [0.29, 0.717) is 12.1 Å². The average molecular weight is 435 g/mol. The van der Waals surface area contributed by atoms with Crippen LogP contribution in [-0.2, 0) is 26.0 Å². The molecule has 0 spiro atoms. The number of para-hydroxylation sites is 1. The third kappa shape index (κ3) is 4.36. The van der Waals surface area contributed by atoms with Crippen LogP contribution in [0.1, 0.15) is 22.8 Å². The second kappa shape index (κ2) is 8.73. The van der Waals surface area contributed by atoms with Crippen molar-refractivity contribution < 1.29 is 18.0 Å². The molecule has 0 radical (unpaired) electrons. The maximum absolute atomic E-state index is 13.4. The fraction of sp³-hybridized carbons (Fsp3) is 0.167. The molecule has 0 aliphatic carbocycles. The molecule has 1 N–H and O–H groups in total. The Hall–Kier alpha value is -3.45. The zero-order valence-electron chi connectivity index (χ0n) is 16.8. The maximum Gasteiger partial charge on any atom is 0.240 e. The average Bonchev–Trinajstić information content (AvgIpc) is 2.88. The number of carbonyl (C=O) groups is 2. The number of amides is 2.